The van der Waals surface area contributed by atoms with Gasteiger partial charge in [-0.15, -0.1) is 0 Å². The molecule has 0 atom stereocenters. The summed E-state index contributed by atoms with van der Waals surface area (Å²) in [5.74, 6) is 1.27. The molecule has 4 nitrogen and oxygen atoms in total. The van der Waals surface area contributed by atoms with Crippen molar-refractivity contribution in [1.29, 1.82) is 0 Å². The molecule has 0 bridgehead atoms. The molecule has 0 spiro atoms. The highest BCUT2D eigenvalue weighted by molar-refractivity contribution is 5.96. The van der Waals surface area contributed by atoms with Crippen LogP contribution >= 0.6 is 0 Å². The van der Waals surface area contributed by atoms with Crippen molar-refractivity contribution >= 4 is 5.91 Å². The van der Waals surface area contributed by atoms with E-state index in [0.29, 0.717) is 30.4 Å². The molecule has 124 valence electrons. The van der Waals surface area contributed by atoms with Gasteiger partial charge in [0.05, 0.1) is 12.2 Å². The standard InChI is InChI=1S/C20H22N2O2/c23-20(18-3-1-2-4-19(18)24-13-14-5-6-14)22-10-15-7-8-16-11-21-12-17(16)9-15/h1-4,7-9,14,21H,5-6,10-13H2,(H,22,23). The van der Waals surface area contributed by atoms with Gasteiger partial charge >= 0.3 is 0 Å². The Morgan fingerprint density at radius 2 is 1.96 bits per heavy atom. The first-order valence-corrected chi connectivity index (χ1v) is 8.61. The Hall–Kier alpha value is -2.33. The highest BCUT2D eigenvalue weighted by Gasteiger charge is 2.23. The number of amides is 1. The van der Waals surface area contributed by atoms with Crippen LogP contribution < -0.4 is 15.4 Å². The lowest BCUT2D eigenvalue weighted by Gasteiger charge is -2.12. The molecule has 2 aromatic rings. The second-order valence-corrected chi connectivity index (χ2v) is 6.64. The van der Waals surface area contributed by atoms with Gasteiger partial charge in [0, 0.05) is 19.6 Å². The van der Waals surface area contributed by atoms with Crippen molar-refractivity contribution in [2.75, 3.05) is 6.61 Å². The van der Waals surface area contributed by atoms with E-state index < -0.39 is 0 Å². The van der Waals surface area contributed by atoms with Gasteiger partial charge in [-0.3, -0.25) is 4.79 Å². The number of para-hydroxylation sites is 1. The van der Waals surface area contributed by atoms with E-state index in [1.807, 2.05) is 24.3 Å². The molecule has 1 heterocycles. The van der Waals surface area contributed by atoms with Gasteiger partial charge in [0.1, 0.15) is 5.75 Å². The fourth-order valence-corrected chi connectivity index (χ4v) is 3.01. The minimum absolute atomic E-state index is 0.0833. The van der Waals surface area contributed by atoms with Crippen LogP contribution in [0.3, 0.4) is 0 Å². The minimum Gasteiger partial charge on any atom is -0.492 e. The van der Waals surface area contributed by atoms with Gasteiger partial charge in [-0.2, -0.15) is 0 Å². The van der Waals surface area contributed by atoms with Crippen molar-refractivity contribution in [3.8, 4) is 5.75 Å². The number of hydrogen-bond acceptors (Lipinski definition) is 3. The van der Waals surface area contributed by atoms with Crippen LogP contribution in [0, 0.1) is 5.92 Å². The number of carbonyl (C=O) groups is 1. The fraction of sp³-hybridized carbons (Fsp3) is 0.350. The van der Waals surface area contributed by atoms with E-state index in [9.17, 15) is 4.79 Å². The van der Waals surface area contributed by atoms with Crippen LogP contribution in [0.4, 0.5) is 0 Å². The number of hydrogen-bond donors (Lipinski definition) is 2. The zero-order chi connectivity index (χ0) is 16.4. The van der Waals surface area contributed by atoms with Crippen LogP contribution in [0.1, 0.15) is 39.9 Å². The largest absolute Gasteiger partial charge is 0.492 e. The summed E-state index contributed by atoms with van der Waals surface area (Å²) in [4.78, 5) is 12.5. The normalized spacial score (nSPS) is 15.8. The summed E-state index contributed by atoms with van der Waals surface area (Å²) in [7, 11) is 0. The van der Waals surface area contributed by atoms with E-state index in [1.54, 1.807) is 0 Å². The molecule has 0 radical (unpaired) electrons. The lowest BCUT2D eigenvalue weighted by atomic mass is 10.1. The van der Waals surface area contributed by atoms with E-state index in [2.05, 4.69) is 28.8 Å². The molecular formula is C20H22N2O2. The Morgan fingerprint density at radius 1 is 1.12 bits per heavy atom. The van der Waals surface area contributed by atoms with Gasteiger partial charge in [-0.25, -0.2) is 0 Å². The number of fused-ring (bicyclic) bond motifs is 1. The maximum Gasteiger partial charge on any atom is 0.255 e. The first-order chi connectivity index (χ1) is 11.8. The summed E-state index contributed by atoms with van der Waals surface area (Å²) < 4.78 is 5.83. The first kappa shape index (κ1) is 15.2. The zero-order valence-electron chi connectivity index (χ0n) is 13.7. The van der Waals surface area contributed by atoms with Crippen LogP contribution in [0.5, 0.6) is 5.75 Å². The number of rotatable bonds is 6. The van der Waals surface area contributed by atoms with Crippen molar-refractivity contribution in [2.45, 2.75) is 32.5 Å². The fourth-order valence-electron chi connectivity index (χ4n) is 3.01. The molecule has 1 fully saturated rings. The smallest absolute Gasteiger partial charge is 0.255 e. The van der Waals surface area contributed by atoms with Crippen LogP contribution in [0.25, 0.3) is 0 Å². The molecule has 1 aliphatic carbocycles. The van der Waals surface area contributed by atoms with Gasteiger partial charge in [-0.1, -0.05) is 30.3 Å². The number of benzene rings is 2. The van der Waals surface area contributed by atoms with Crippen molar-refractivity contribution in [3.05, 3.63) is 64.7 Å². The molecular weight excluding hydrogens is 300 g/mol. The maximum atomic E-state index is 12.5. The van der Waals surface area contributed by atoms with Gasteiger partial charge < -0.3 is 15.4 Å². The maximum absolute atomic E-state index is 12.5. The molecule has 0 unspecified atom stereocenters. The van der Waals surface area contributed by atoms with Gasteiger partial charge in [-0.05, 0) is 47.6 Å². The van der Waals surface area contributed by atoms with Gasteiger partial charge in [0.2, 0.25) is 0 Å². The van der Waals surface area contributed by atoms with Crippen molar-refractivity contribution in [1.82, 2.24) is 10.6 Å². The number of ether oxygens (including phenoxy) is 1. The van der Waals surface area contributed by atoms with Crippen molar-refractivity contribution in [2.24, 2.45) is 5.92 Å². The molecule has 2 aliphatic rings. The Morgan fingerprint density at radius 3 is 2.83 bits per heavy atom. The second kappa shape index (κ2) is 6.65. The predicted molar refractivity (Wildman–Crippen MR) is 92.8 cm³/mol. The summed E-state index contributed by atoms with van der Waals surface area (Å²) in [5.41, 5.74) is 4.42. The number of nitrogens with one attached hydrogen (secondary N) is 2. The Kier molecular flexibility index (Phi) is 4.22. The lowest BCUT2D eigenvalue weighted by molar-refractivity contribution is 0.0946. The Balaban J connectivity index is 1.40. The van der Waals surface area contributed by atoms with E-state index in [0.717, 1.165) is 18.7 Å². The summed E-state index contributed by atoms with van der Waals surface area (Å²) >= 11 is 0. The summed E-state index contributed by atoms with van der Waals surface area (Å²) in [5, 5.41) is 6.35. The van der Waals surface area contributed by atoms with E-state index >= 15 is 0 Å². The highest BCUT2D eigenvalue weighted by atomic mass is 16.5. The highest BCUT2D eigenvalue weighted by Crippen LogP contribution is 2.30. The average Bonchev–Trinajstić information content (AvgIpc) is 3.33. The van der Waals surface area contributed by atoms with Crippen LogP contribution in [-0.4, -0.2) is 12.5 Å². The molecule has 2 aromatic carbocycles. The first-order valence-electron chi connectivity index (χ1n) is 8.61. The lowest BCUT2D eigenvalue weighted by Crippen LogP contribution is -2.23. The van der Waals surface area contributed by atoms with Gasteiger partial charge in [0.15, 0.2) is 0 Å². The van der Waals surface area contributed by atoms with E-state index in [4.69, 9.17) is 4.74 Å². The van der Waals surface area contributed by atoms with Crippen LogP contribution in [0.15, 0.2) is 42.5 Å². The molecule has 4 rings (SSSR count). The van der Waals surface area contributed by atoms with Crippen LogP contribution in [-0.2, 0) is 19.6 Å². The summed E-state index contributed by atoms with van der Waals surface area (Å²) in [6.07, 6.45) is 2.48. The minimum atomic E-state index is -0.0833. The third-order valence-corrected chi connectivity index (χ3v) is 4.66. The molecule has 2 N–H and O–H groups in total. The zero-order valence-corrected chi connectivity index (χ0v) is 13.7. The average molecular weight is 322 g/mol. The molecule has 1 saturated carbocycles. The predicted octanol–water partition coefficient (Wildman–Crippen LogP) is 3.01. The third kappa shape index (κ3) is 3.44. The monoisotopic (exact) mass is 322 g/mol. The molecule has 4 heteroatoms. The van der Waals surface area contributed by atoms with Gasteiger partial charge in [0.25, 0.3) is 5.91 Å². The van der Waals surface area contributed by atoms with Crippen LogP contribution in [0.2, 0.25) is 0 Å². The molecule has 24 heavy (non-hydrogen) atoms. The van der Waals surface area contributed by atoms with Crippen molar-refractivity contribution in [3.63, 3.8) is 0 Å². The second-order valence-electron chi connectivity index (χ2n) is 6.64. The van der Waals surface area contributed by atoms with Crippen molar-refractivity contribution < 1.29 is 9.53 Å². The molecule has 1 aliphatic heterocycles. The third-order valence-electron chi connectivity index (χ3n) is 4.66. The Labute approximate surface area is 142 Å². The molecule has 0 aromatic heterocycles. The summed E-state index contributed by atoms with van der Waals surface area (Å²) in [6.45, 7) is 3.09. The quantitative estimate of drug-likeness (QED) is 0.859. The Bertz CT molecular complexity index is 753. The molecule has 0 saturated heterocycles. The summed E-state index contributed by atoms with van der Waals surface area (Å²) in [6, 6.07) is 13.9. The van der Waals surface area contributed by atoms with E-state index in [-0.39, 0.29) is 5.91 Å². The number of carbonyl (C=O) groups excluding carboxylic acids is 1. The topological polar surface area (TPSA) is 50.4 Å². The molecule has 1 amide bonds. The SMILES string of the molecule is O=C(NCc1ccc2c(c1)CNC2)c1ccccc1OCC1CC1. The van der Waals surface area contributed by atoms with E-state index in [1.165, 1.54) is 24.0 Å².